The number of para-hydroxylation sites is 2. The summed E-state index contributed by atoms with van der Waals surface area (Å²) in [6.07, 6.45) is 1.19. The molecule has 25 heavy (non-hydrogen) atoms. The van der Waals surface area contributed by atoms with Crippen molar-refractivity contribution in [2.75, 3.05) is 37.9 Å². The Bertz CT molecular complexity index is 740. The van der Waals surface area contributed by atoms with Gasteiger partial charge < -0.3 is 19.3 Å². The maximum Gasteiger partial charge on any atom is 0.231 e. The van der Waals surface area contributed by atoms with E-state index in [-0.39, 0.29) is 12.7 Å². The second kappa shape index (κ2) is 7.05. The maximum atomic E-state index is 12.6. The lowest BCUT2D eigenvalue weighted by Gasteiger charge is -2.36. The summed E-state index contributed by atoms with van der Waals surface area (Å²) in [6.45, 7) is 3.59. The molecule has 0 aliphatic carbocycles. The van der Waals surface area contributed by atoms with Crippen molar-refractivity contribution in [1.29, 1.82) is 0 Å². The largest absolute Gasteiger partial charge is 0.454 e. The molecule has 0 radical (unpaired) electrons. The topological polar surface area (TPSA) is 42.0 Å². The number of carbonyl (C=O) groups is 1. The summed E-state index contributed by atoms with van der Waals surface area (Å²) in [6, 6.07) is 16.2. The number of nitrogens with zero attached hydrogens (tertiary/aromatic N) is 2. The minimum Gasteiger partial charge on any atom is -0.454 e. The molecule has 4 rings (SSSR count). The Morgan fingerprint density at radius 2 is 1.72 bits per heavy atom. The van der Waals surface area contributed by atoms with Crippen molar-refractivity contribution >= 4 is 11.6 Å². The molecule has 0 spiro atoms. The number of fused-ring (bicyclic) bond motifs is 1. The predicted molar refractivity (Wildman–Crippen MR) is 96.1 cm³/mol. The summed E-state index contributed by atoms with van der Waals surface area (Å²) in [5, 5.41) is 0. The molecule has 1 fully saturated rings. The monoisotopic (exact) mass is 338 g/mol. The number of aryl methyl sites for hydroxylation is 1. The number of piperazine rings is 1. The Morgan fingerprint density at radius 3 is 2.52 bits per heavy atom. The third-order valence-electron chi connectivity index (χ3n) is 4.84. The zero-order valence-corrected chi connectivity index (χ0v) is 14.2. The van der Waals surface area contributed by atoms with Gasteiger partial charge >= 0.3 is 0 Å². The average Bonchev–Trinajstić information content (AvgIpc) is 3.16. The van der Waals surface area contributed by atoms with E-state index < -0.39 is 0 Å². The summed E-state index contributed by atoms with van der Waals surface area (Å²) < 4.78 is 10.9. The maximum absolute atomic E-state index is 12.6. The zero-order chi connectivity index (χ0) is 17.1. The first kappa shape index (κ1) is 15.8. The Morgan fingerprint density at radius 1 is 0.920 bits per heavy atom. The number of rotatable bonds is 4. The third kappa shape index (κ3) is 3.40. The lowest BCUT2D eigenvalue weighted by atomic mass is 10.1. The van der Waals surface area contributed by atoms with Crippen molar-refractivity contribution in [3.63, 3.8) is 0 Å². The number of hydrogen-bond acceptors (Lipinski definition) is 4. The number of amides is 1. The van der Waals surface area contributed by atoms with Crippen LogP contribution in [0.2, 0.25) is 0 Å². The molecular weight excluding hydrogens is 316 g/mol. The lowest BCUT2D eigenvalue weighted by molar-refractivity contribution is -0.131. The second-order valence-corrected chi connectivity index (χ2v) is 6.35. The second-order valence-electron chi connectivity index (χ2n) is 6.35. The SMILES string of the molecule is O=C(CCc1cccc2c1OCO2)N1CCN(c2ccccc2)CC1. The standard InChI is InChI=1S/C20H22N2O3/c23-19(10-9-16-5-4-8-18-20(16)25-15-24-18)22-13-11-21(12-14-22)17-6-2-1-3-7-17/h1-8H,9-15H2. The van der Waals surface area contributed by atoms with Gasteiger partial charge in [0.05, 0.1) is 0 Å². The van der Waals surface area contributed by atoms with Gasteiger partial charge in [0.1, 0.15) is 0 Å². The summed E-state index contributed by atoms with van der Waals surface area (Å²) in [7, 11) is 0. The highest BCUT2D eigenvalue weighted by atomic mass is 16.7. The van der Waals surface area contributed by atoms with Crippen molar-refractivity contribution in [1.82, 2.24) is 4.90 Å². The van der Waals surface area contributed by atoms with Crippen LogP contribution in [0, 0.1) is 0 Å². The van der Waals surface area contributed by atoms with E-state index in [2.05, 4.69) is 29.2 Å². The van der Waals surface area contributed by atoms with Gasteiger partial charge in [-0.25, -0.2) is 0 Å². The fourth-order valence-corrected chi connectivity index (χ4v) is 3.44. The van der Waals surface area contributed by atoms with Gasteiger partial charge in [-0.2, -0.15) is 0 Å². The van der Waals surface area contributed by atoms with E-state index in [1.54, 1.807) is 0 Å². The molecule has 5 heteroatoms. The van der Waals surface area contributed by atoms with Crippen LogP contribution in [-0.2, 0) is 11.2 Å². The van der Waals surface area contributed by atoms with E-state index in [9.17, 15) is 4.79 Å². The van der Waals surface area contributed by atoms with E-state index in [1.807, 2.05) is 29.2 Å². The number of ether oxygens (including phenoxy) is 2. The fraction of sp³-hybridized carbons (Fsp3) is 0.350. The summed E-state index contributed by atoms with van der Waals surface area (Å²) >= 11 is 0. The van der Waals surface area contributed by atoms with Gasteiger partial charge in [0.25, 0.3) is 0 Å². The molecule has 5 nitrogen and oxygen atoms in total. The zero-order valence-electron chi connectivity index (χ0n) is 14.2. The van der Waals surface area contributed by atoms with E-state index in [0.29, 0.717) is 12.8 Å². The minimum atomic E-state index is 0.212. The Balaban J connectivity index is 1.31. The Kier molecular flexibility index (Phi) is 4.46. The molecule has 0 saturated carbocycles. The van der Waals surface area contributed by atoms with Crippen LogP contribution < -0.4 is 14.4 Å². The molecule has 0 unspecified atom stereocenters. The normalized spacial score (nSPS) is 16.2. The predicted octanol–water partition coefficient (Wildman–Crippen LogP) is 2.70. The van der Waals surface area contributed by atoms with Crippen LogP contribution in [0.4, 0.5) is 5.69 Å². The van der Waals surface area contributed by atoms with Crippen LogP contribution >= 0.6 is 0 Å². The molecular formula is C20H22N2O3. The van der Waals surface area contributed by atoms with E-state index in [4.69, 9.17) is 9.47 Å². The molecule has 2 aliphatic rings. The van der Waals surface area contributed by atoms with Crippen LogP contribution in [0.25, 0.3) is 0 Å². The molecule has 2 aliphatic heterocycles. The lowest BCUT2D eigenvalue weighted by Crippen LogP contribution is -2.48. The first-order valence-corrected chi connectivity index (χ1v) is 8.76. The van der Waals surface area contributed by atoms with E-state index >= 15 is 0 Å². The van der Waals surface area contributed by atoms with Gasteiger partial charge in [-0.05, 0) is 30.2 Å². The molecule has 0 aromatic heterocycles. The van der Waals surface area contributed by atoms with Crippen LogP contribution in [0.15, 0.2) is 48.5 Å². The van der Waals surface area contributed by atoms with Crippen LogP contribution in [0.3, 0.4) is 0 Å². The highest BCUT2D eigenvalue weighted by Gasteiger charge is 2.22. The van der Waals surface area contributed by atoms with Gasteiger partial charge in [-0.15, -0.1) is 0 Å². The quantitative estimate of drug-likeness (QED) is 0.860. The smallest absolute Gasteiger partial charge is 0.231 e. The molecule has 2 aromatic rings. The molecule has 130 valence electrons. The number of benzene rings is 2. The minimum absolute atomic E-state index is 0.212. The summed E-state index contributed by atoms with van der Waals surface area (Å²) in [5.74, 6) is 1.79. The number of hydrogen-bond donors (Lipinski definition) is 0. The highest BCUT2D eigenvalue weighted by molar-refractivity contribution is 5.77. The van der Waals surface area contributed by atoms with Gasteiger partial charge in [-0.1, -0.05) is 30.3 Å². The summed E-state index contributed by atoms with van der Waals surface area (Å²) in [5.41, 5.74) is 2.28. The van der Waals surface area contributed by atoms with Crippen molar-refractivity contribution in [2.24, 2.45) is 0 Å². The van der Waals surface area contributed by atoms with Crippen LogP contribution in [-0.4, -0.2) is 43.8 Å². The van der Waals surface area contributed by atoms with E-state index in [0.717, 1.165) is 43.2 Å². The number of anilines is 1. The average molecular weight is 338 g/mol. The molecule has 0 bridgehead atoms. The van der Waals surface area contributed by atoms with Gasteiger partial charge in [-0.3, -0.25) is 4.79 Å². The molecule has 2 aromatic carbocycles. The molecule has 0 atom stereocenters. The van der Waals surface area contributed by atoms with Crippen molar-refractivity contribution < 1.29 is 14.3 Å². The van der Waals surface area contributed by atoms with Crippen LogP contribution in [0.5, 0.6) is 11.5 Å². The molecule has 2 heterocycles. The highest BCUT2D eigenvalue weighted by Crippen LogP contribution is 2.35. The van der Waals surface area contributed by atoms with Crippen molar-refractivity contribution in [3.8, 4) is 11.5 Å². The van der Waals surface area contributed by atoms with Gasteiger partial charge in [0, 0.05) is 38.3 Å². The van der Waals surface area contributed by atoms with Gasteiger partial charge in [0.15, 0.2) is 11.5 Å². The third-order valence-corrected chi connectivity index (χ3v) is 4.84. The Hall–Kier alpha value is -2.69. The van der Waals surface area contributed by atoms with Gasteiger partial charge in [0.2, 0.25) is 12.7 Å². The van der Waals surface area contributed by atoms with Crippen molar-refractivity contribution in [3.05, 3.63) is 54.1 Å². The first-order chi connectivity index (χ1) is 12.3. The van der Waals surface area contributed by atoms with Crippen LogP contribution in [0.1, 0.15) is 12.0 Å². The Labute approximate surface area is 147 Å². The van der Waals surface area contributed by atoms with Crippen molar-refractivity contribution in [2.45, 2.75) is 12.8 Å². The van der Waals surface area contributed by atoms with E-state index in [1.165, 1.54) is 5.69 Å². The molecule has 1 saturated heterocycles. The molecule has 1 amide bonds. The number of carbonyl (C=O) groups excluding carboxylic acids is 1. The fourth-order valence-electron chi connectivity index (χ4n) is 3.44. The molecule has 0 N–H and O–H groups in total. The first-order valence-electron chi connectivity index (χ1n) is 8.76. The summed E-state index contributed by atoms with van der Waals surface area (Å²) in [4.78, 5) is 16.9.